The summed E-state index contributed by atoms with van der Waals surface area (Å²) in [5.41, 5.74) is 4.29. The zero-order valence-corrected chi connectivity index (χ0v) is 14.2. The van der Waals surface area contributed by atoms with Crippen LogP contribution in [0.15, 0.2) is 55.1 Å². The Morgan fingerprint density at radius 3 is 2.50 bits per heavy atom. The number of hydrogen-bond acceptors (Lipinski definition) is 2. The van der Waals surface area contributed by atoms with Crippen LogP contribution in [0.5, 0.6) is 0 Å². The van der Waals surface area contributed by atoms with Crippen molar-refractivity contribution >= 4 is 17.5 Å². The van der Waals surface area contributed by atoms with Gasteiger partial charge in [-0.3, -0.25) is 9.59 Å². The minimum atomic E-state index is -0.0874. The van der Waals surface area contributed by atoms with Crippen LogP contribution in [-0.4, -0.2) is 40.7 Å². The van der Waals surface area contributed by atoms with Crippen molar-refractivity contribution in [3.05, 3.63) is 77.7 Å². The summed E-state index contributed by atoms with van der Waals surface area (Å²) in [4.78, 5) is 31.4. The van der Waals surface area contributed by atoms with Crippen LogP contribution in [0, 0.1) is 6.57 Å². The Labute approximate surface area is 152 Å². The molecule has 0 saturated carbocycles. The van der Waals surface area contributed by atoms with E-state index in [1.807, 2.05) is 35.2 Å². The molecular formula is C21H17N3O2. The first-order chi connectivity index (χ1) is 12.6. The highest BCUT2D eigenvalue weighted by Gasteiger charge is 2.40. The Morgan fingerprint density at radius 2 is 1.85 bits per heavy atom. The van der Waals surface area contributed by atoms with Crippen molar-refractivity contribution in [1.29, 1.82) is 0 Å². The molecule has 2 heterocycles. The maximum Gasteiger partial charge on any atom is 0.254 e. The van der Waals surface area contributed by atoms with Gasteiger partial charge in [-0.05, 0) is 28.8 Å². The molecule has 1 saturated heterocycles. The van der Waals surface area contributed by atoms with Crippen LogP contribution in [0.25, 0.3) is 16.0 Å². The SMILES string of the molecule is [C-]#[N+]c1ccc(-c2ccc3c(c2)C(=O)N(C2CN(C(=O)C=C)C2)C3)cc1. The molecule has 0 N–H and O–H groups in total. The smallest absolute Gasteiger partial charge is 0.254 e. The highest BCUT2D eigenvalue weighted by molar-refractivity contribution is 6.00. The summed E-state index contributed by atoms with van der Waals surface area (Å²) in [7, 11) is 0. The first-order valence-corrected chi connectivity index (χ1v) is 8.44. The summed E-state index contributed by atoms with van der Waals surface area (Å²) in [5.74, 6) is -0.0640. The van der Waals surface area contributed by atoms with Gasteiger partial charge in [-0.25, -0.2) is 4.85 Å². The average molecular weight is 343 g/mol. The van der Waals surface area contributed by atoms with Gasteiger partial charge in [0.1, 0.15) is 0 Å². The second-order valence-electron chi connectivity index (χ2n) is 6.56. The van der Waals surface area contributed by atoms with Gasteiger partial charge in [-0.1, -0.05) is 43.0 Å². The van der Waals surface area contributed by atoms with Gasteiger partial charge in [0.15, 0.2) is 5.69 Å². The number of likely N-dealkylation sites (tertiary alicyclic amines) is 1. The molecule has 26 heavy (non-hydrogen) atoms. The van der Waals surface area contributed by atoms with Crippen LogP contribution in [0.3, 0.4) is 0 Å². The summed E-state index contributed by atoms with van der Waals surface area (Å²) in [6, 6.07) is 13.4. The van der Waals surface area contributed by atoms with Crippen molar-refractivity contribution in [1.82, 2.24) is 9.80 Å². The number of hydrogen-bond donors (Lipinski definition) is 0. The summed E-state index contributed by atoms with van der Waals surface area (Å²) in [6.07, 6.45) is 1.31. The molecule has 2 amide bonds. The normalized spacial score (nSPS) is 16.0. The van der Waals surface area contributed by atoms with E-state index in [2.05, 4.69) is 11.4 Å². The minimum Gasteiger partial charge on any atom is -0.335 e. The van der Waals surface area contributed by atoms with Crippen LogP contribution < -0.4 is 0 Å². The fourth-order valence-corrected chi connectivity index (χ4v) is 3.49. The van der Waals surface area contributed by atoms with Gasteiger partial charge in [0.25, 0.3) is 5.91 Å². The van der Waals surface area contributed by atoms with Gasteiger partial charge in [-0.2, -0.15) is 0 Å². The van der Waals surface area contributed by atoms with E-state index in [0.717, 1.165) is 22.3 Å². The molecule has 1 fully saturated rings. The van der Waals surface area contributed by atoms with Crippen LogP contribution in [0.2, 0.25) is 0 Å². The van der Waals surface area contributed by atoms with Crippen molar-refractivity contribution in [2.75, 3.05) is 13.1 Å². The summed E-state index contributed by atoms with van der Waals surface area (Å²) < 4.78 is 0. The van der Waals surface area contributed by atoms with Gasteiger partial charge >= 0.3 is 0 Å². The second kappa shape index (κ2) is 6.16. The molecule has 0 aliphatic carbocycles. The lowest BCUT2D eigenvalue weighted by Crippen LogP contribution is -2.60. The Bertz CT molecular complexity index is 950. The fourth-order valence-electron chi connectivity index (χ4n) is 3.49. The molecule has 2 aliphatic heterocycles. The predicted molar refractivity (Wildman–Crippen MR) is 98.6 cm³/mol. The lowest BCUT2D eigenvalue weighted by molar-refractivity contribution is -0.132. The maximum absolute atomic E-state index is 12.8. The first-order valence-electron chi connectivity index (χ1n) is 8.44. The van der Waals surface area contributed by atoms with E-state index in [1.165, 1.54) is 6.08 Å². The molecule has 2 aromatic carbocycles. The fraction of sp³-hybridized carbons (Fsp3) is 0.190. The van der Waals surface area contributed by atoms with Crippen LogP contribution in [-0.2, 0) is 11.3 Å². The summed E-state index contributed by atoms with van der Waals surface area (Å²) in [5, 5.41) is 0. The van der Waals surface area contributed by atoms with E-state index in [0.29, 0.717) is 25.3 Å². The number of amides is 2. The van der Waals surface area contributed by atoms with Gasteiger partial charge in [0.2, 0.25) is 5.91 Å². The molecule has 128 valence electrons. The van der Waals surface area contributed by atoms with Crippen LogP contribution >= 0.6 is 0 Å². The Kier molecular flexibility index (Phi) is 3.81. The summed E-state index contributed by atoms with van der Waals surface area (Å²) in [6.45, 7) is 12.2. The Balaban J connectivity index is 1.53. The van der Waals surface area contributed by atoms with E-state index in [1.54, 1.807) is 17.0 Å². The number of rotatable bonds is 3. The molecule has 0 spiro atoms. The van der Waals surface area contributed by atoms with Crippen molar-refractivity contribution in [2.45, 2.75) is 12.6 Å². The molecule has 2 aromatic rings. The van der Waals surface area contributed by atoms with Gasteiger partial charge in [-0.15, -0.1) is 0 Å². The molecule has 0 radical (unpaired) electrons. The van der Waals surface area contributed by atoms with Gasteiger partial charge < -0.3 is 9.80 Å². The van der Waals surface area contributed by atoms with E-state index >= 15 is 0 Å². The number of carbonyl (C=O) groups is 2. The number of benzene rings is 2. The molecule has 4 rings (SSSR count). The van der Waals surface area contributed by atoms with E-state index in [9.17, 15) is 9.59 Å². The molecule has 0 bridgehead atoms. The van der Waals surface area contributed by atoms with Crippen molar-refractivity contribution in [2.24, 2.45) is 0 Å². The van der Waals surface area contributed by atoms with Gasteiger partial charge in [0, 0.05) is 25.2 Å². The Morgan fingerprint density at radius 1 is 1.15 bits per heavy atom. The lowest BCUT2D eigenvalue weighted by atomic mass is 10.0. The third-order valence-electron chi connectivity index (χ3n) is 5.06. The number of fused-ring (bicyclic) bond motifs is 1. The first kappa shape index (κ1) is 16.1. The van der Waals surface area contributed by atoms with Crippen LogP contribution in [0.1, 0.15) is 15.9 Å². The van der Waals surface area contributed by atoms with Crippen molar-refractivity contribution < 1.29 is 9.59 Å². The predicted octanol–water partition coefficient (Wildman–Crippen LogP) is 3.26. The van der Waals surface area contributed by atoms with Gasteiger partial charge in [0.05, 0.1) is 12.6 Å². The lowest BCUT2D eigenvalue weighted by Gasteiger charge is -2.43. The number of carbonyl (C=O) groups excluding carboxylic acids is 2. The Hall–Kier alpha value is -3.39. The number of nitrogens with zero attached hydrogens (tertiary/aromatic N) is 3. The minimum absolute atomic E-state index is 0.0235. The van der Waals surface area contributed by atoms with E-state index in [4.69, 9.17) is 6.57 Å². The van der Waals surface area contributed by atoms with E-state index < -0.39 is 0 Å². The average Bonchev–Trinajstić information content (AvgIpc) is 2.96. The standard InChI is InChI=1S/C21H17N3O2/c1-3-20(25)23-12-18(13-23)24-11-16-5-4-15(10-19(16)21(24)26)14-6-8-17(22-2)9-7-14/h3-10,18H,1,11-13H2. The quantitative estimate of drug-likeness (QED) is 0.634. The molecule has 0 aromatic heterocycles. The third-order valence-corrected chi connectivity index (χ3v) is 5.06. The molecule has 0 atom stereocenters. The zero-order valence-electron chi connectivity index (χ0n) is 14.2. The summed E-state index contributed by atoms with van der Waals surface area (Å²) >= 11 is 0. The molecule has 0 unspecified atom stereocenters. The second-order valence-corrected chi connectivity index (χ2v) is 6.56. The highest BCUT2D eigenvalue weighted by Crippen LogP contribution is 2.32. The zero-order chi connectivity index (χ0) is 18.3. The topological polar surface area (TPSA) is 45.0 Å². The monoisotopic (exact) mass is 343 g/mol. The molecule has 5 nitrogen and oxygen atoms in total. The molecule has 5 heteroatoms. The molecule has 2 aliphatic rings. The third kappa shape index (κ3) is 2.56. The van der Waals surface area contributed by atoms with E-state index in [-0.39, 0.29) is 17.9 Å². The molecular weight excluding hydrogens is 326 g/mol. The van der Waals surface area contributed by atoms with Crippen molar-refractivity contribution in [3.8, 4) is 11.1 Å². The van der Waals surface area contributed by atoms with Crippen LogP contribution in [0.4, 0.5) is 5.69 Å². The van der Waals surface area contributed by atoms with Crippen molar-refractivity contribution in [3.63, 3.8) is 0 Å². The largest absolute Gasteiger partial charge is 0.335 e. The highest BCUT2D eigenvalue weighted by atomic mass is 16.2. The maximum atomic E-state index is 12.8.